The minimum Gasteiger partial charge on any atom is -0.441 e. The molecule has 2 amide bonds. The van der Waals surface area contributed by atoms with Gasteiger partial charge in [-0.25, -0.2) is 13.6 Å². The fraction of sp³-hybridized carbons (Fsp3) is 0.308. The predicted molar refractivity (Wildman–Crippen MR) is 134 cm³/mol. The summed E-state index contributed by atoms with van der Waals surface area (Å²) in [7, 11) is 0. The number of benzene rings is 1. The SMILES string of the molecule is C=C(C)/C(=C\C=C(/C)C(=O)/C(NC(=O)OC(C)c1ccccc1Cl)=C(/C)N)NC(=O)C1C(C#N)C1(F)F. The number of hydrogen-bond donors (Lipinski definition) is 3. The number of allylic oxidation sites excluding steroid dienone is 5. The van der Waals surface area contributed by atoms with Gasteiger partial charge >= 0.3 is 6.09 Å². The van der Waals surface area contributed by atoms with Crippen molar-refractivity contribution < 1.29 is 27.9 Å². The van der Waals surface area contributed by atoms with Crippen LogP contribution in [0.3, 0.4) is 0 Å². The number of Topliss-reactive ketones (excluding diaryl/α,β-unsaturated/α-hetero) is 1. The molecule has 0 heterocycles. The smallest absolute Gasteiger partial charge is 0.412 e. The van der Waals surface area contributed by atoms with E-state index in [1.54, 1.807) is 31.2 Å². The number of carbonyl (C=O) groups excluding carboxylic acids is 3. The lowest BCUT2D eigenvalue weighted by Crippen LogP contribution is -2.31. The number of nitrogens with two attached hydrogens (primary N) is 1. The van der Waals surface area contributed by atoms with Crippen LogP contribution >= 0.6 is 11.6 Å². The maximum atomic E-state index is 13.6. The minimum absolute atomic E-state index is 0.0102. The fourth-order valence-corrected chi connectivity index (χ4v) is 3.58. The van der Waals surface area contributed by atoms with Crippen LogP contribution in [0.25, 0.3) is 0 Å². The molecule has 1 aromatic rings. The first-order valence-corrected chi connectivity index (χ1v) is 11.5. The zero-order valence-corrected chi connectivity index (χ0v) is 21.5. The van der Waals surface area contributed by atoms with Crippen LogP contribution in [0, 0.1) is 23.2 Å². The number of nitriles is 1. The number of carbonyl (C=O) groups is 3. The molecule has 0 aliphatic heterocycles. The Morgan fingerprint density at radius 1 is 1.22 bits per heavy atom. The summed E-state index contributed by atoms with van der Waals surface area (Å²) in [6.45, 7) is 9.67. The average molecular weight is 533 g/mol. The normalized spacial score (nSPS) is 20.1. The molecule has 3 unspecified atom stereocenters. The van der Waals surface area contributed by atoms with E-state index in [1.165, 1.54) is 39.0 Å². The zero-order chi connectivity index (χ0) is 28.1. The lowest BCUT2D eigenvalue weighted by molar-refractivity contribution is -0.123. The standard InChI is InChI=1S/C26H27ClF2N4O4/c1-13(2)20(32-24(35)21-18(12-30)26(21,28)29)11-10-14(3)23(34)22(15(4)31)33-25(36)37-16(5)17-8-6-7-9-19(17)27/h6-11,16,18,21H,1,31H2,2-5H3,(H,32,35)(H,33,36)/b14-10+,20-11+,22-15+. The molecule has 1 aliphatic rings. The van der Waals surface area contributed by atoms with Crippen molar-refractivity contribution in [1.82, 2.24) is 10.6 Å². The number of halogens is 3. The van der Waals surface area contributed by atoms with E-state index in [-0.39, 0.29) is 22.7 Å². The molecule has 0 saturated heterocycles. The lowest BCUT2D eigenvalue weighted by atomic mass is 10.1. The molecule has 1 saturated carbocycles. The van der Waals surface area contributed by atoms with E-state index in [2.05, 4.69) is 17.2 Å². The maximum Gasteiger partial charge on any atom is 0.412 e. The van der Waals surface area contributed by atoms with Crippen LogP contribution in [0.2, 0.25) is 5.02 Å². The Morgan fingerprint density at radius 3 is 2.35 bits per heavy atom. The summed E-state index contributed by atoms with van der Waals surface area (Å²) in [5.74, 6) is -8.53. The van der Waals surface area contributed by atoms with E-state index in [9.17, 15) is 23.2 Å². The quantitative estimate of drug-likeness (QED) is 0.308. The van der Waals surface area contributed by atoms with Crippen LogP contribution in [-0.4, -0.2) is 23.7 Å². The molecule has 0 spiro atoms. The molecule has 0 aromatic heterocycles. The third kappa shape index (κ3) is 7.05. The van der Waals surface area contributed by atoms with Gasteiger partial charge in [0.05, 0.1) is 6.07 Å². The molecular weight excluding hydrogens is 506 g/mol. The molecule has 11 heteroatoms. The second kappa shape index (κ2) is 11.8. The Labute approximate surface area is 218 Å². The van der Waals surface area contributed by atoms with Crippen molar-refractivity contribution in [3.05, 3.63) is 81.8 Å². The summed E-state index contributed by atoms with van der Waals surface area (Å²) in [5.41, 5.74) is 6.66. The van der Waals surface area contributed by atoms with Crippen molar-refractivity contribution in [2.24, 2.45) is 17.6 Å². The molecule has 3 atom stereocenters. The number of nitrogens with one attached hydrogen (secondary N) is 2. The summed E-state index contributed by atoms with van der Waals surface area (Å²) >= 11 is 6.12. The van der Waals surface area contributed by atoms with Gasteiger partial charge in [-0.15, -0.1) is 0 Å². The van der Waals surface area contributed by atoms with Crippen LogP contribution in [0.5, 0.6) is 0 Å². The molecule has 1 aromatic carbocycles. The Hall–Kier alpha value is -3.97. The van der Waals surface area contributed by atoms with E-state index < -0.39 is 41.6 Å². The molecule has 4 N–H and O–H groups in total. The highest BCUT2D eigenvalue weighted by atomic mass is 35.5. The highest BCUT2D eigenvalue weighted by Gasteiger charge is 2.72. The van der Waals surface area contributed by atoms with Gasteiger partial charge < -0.3 is 15.8 Å². The second-order valence-electron chi connectivity index (χ2n) is 8.54. The van der Waals surface area contributed by atoms with Gasteiger partial charge in [-0.1, -0.05) is 42.5 Å². The summed E-state index contributed by atoms with van der Waals surface area (Å²) in [4.78, 5) is 37.6. The number of rotatable bonds is 9. The Morgan fingerprint density at radius 2 is 1.84 bits per heavy atom. The molecule has 196 valence electrons. The molecule has 1 fully saturated rings. The number of nitrogens with zero attached hydrogens (tertiary/aromatic N) is 1. The summed E-state index contributed by atoms with van der Waals surface area (Å²) in [5, 5.41) is 13.8. The first-order chi connectivity index (χ1) is 17.2. The van der Waals surface area contributed by atoms with Gasteiger partial charge in [0, 0.05) is 22.0 Å². The van der Waals surface area contributed by atoms with Gasteiger partial charge in [-0.2, -0.15) is 5.26 Å². The van der Waals surface area contributed by atoms with Gasteiger partial charge in [0.1, 0.15) is 23.6 Å². The van der Waals surface area contributed by atoms with Gasteiger partial charge in [-0.3, -0.25) is 14.9 Å². The Bertz CT molecular complexity index is 1260. The Balaban J connectivity index is 2.14. The van der Waals surface area contributed by atoms with Crippen molar-refractivity contribution in [2.45, 2.75) is 39.7 Å². The third-order valence-corrected chi connectivity index (χ3v) is 5.87. The number of alkyl halides is 2. The van der Waals surface area contributed by atoms with Crippen molar-refractivity contribution in [1.29, 1.82) is 5.26 Å². The molecule has 2 rings (SSSR count). The van der Waals surface area contributed by atoms with E-state index in [4.69, 9.17) is 27.3 Å². The summed E-state index contributed by atoms with van der Waals surface area (Å²) < 4.78 is 32.5. The largest absolute Gasteiger partial charge is 0.441 e. The second-order valence-corrected chi connectivity index (χ2v) is 8.95. The van der Waals surface area contributed by atoms with Gasteiger partial charge in [0.2, 0.25) is 11.7 Å². The van der Waals surface area contributed by atoms with Gasteiger partial charge in [-0.05, 0) is 51.0 Å². The first kappa shape index (κ1) is 29.3. The van der Waals surface area contributed by atoms with Crippen LogP contribution in [0.1, 0.15) is 39.4 Å². The minimum atomic E-state index is -3.40. The maximum absolute atomic E-state index is 13.6. The molecule has 37 heavy (non-hydrogen) atoms. The monoisotopic (exact) mass is 532 g/mol. The van der Waals surface area contributed by atoms with Crippen molar-refractivity contribution in [2.75, 3.05) is 0 Å². The van der Waals surface area contributed by atoms with Crippen molar-refractivity contribution in [3.63, 3.8) is 0 Å². The molecular formula is C26H27ClF2N4O4. The van der Waals surface area contributed by atoms with Crippen LogP contribution in [0.4, 0.5) is 13.6 Å². The average Bonchev–Trinajstić information content (AvgIpc) is 3.39. The van der Waals surface area contributed by atoms with Crippen LogP contribution in [0.15, 0.2) is 71.2 Å². The van der Waals surface area contributed by atoms with E-state index in [0.717, 1.165) is 0 Å². The first-order valence-electron chi connectivity index (χ1n) is 11.1. The number of ether oxygens (including phenoxy) is 1. The molecule has 1 aliphatic carbocycles. The number of hydrogen-bond acceptors (Lipinski definition) is 6. The zero-order valence-electron chi connectivity index (χ0n) is 20.7. The Kier molecular flexibility index (Phi) is 9.37. The molecule has 8 nitrogen and oxygen atoms in total. The van der Waals surface area contributed by atoms with E-state index >= 15 is 0 Å². The highest BCUT2D eigenvalue weighted by molar-refractivity contribution is 6.31. The van der Waals surface area contributed by atoms with Gasteiger partial charge in [0.15, 0.2) is 0 Å². The molecule has 0 bridgehead atoms. The van der Waals surface area contributed by atoms with Crippen LogP contribution < -0.4 is 16.4 Å². The molecule has 0 radical (unpaired) electrons. The van der Waals surface area contributed by atoms with Gasteiger partial charge in [0.25, 0.3) is 5.92 Å². The third-order valence-electron chi connectivity index (χ3n) is 5.53. The topological polar surface area (TPSA) is 134 Å². The highest BCUT2D eigenvalue weighted by Crippen LogP contribution is 2.54. The fourth-order valence-electron chi connectivity index (χ4n) is 3.29. The number of ketones is 1. The van der Waals surface area contributed by atoms with Crippen LogP contribution in [-0.2, 0) is 14.3 Å². The van der Waals surface area contributed by atoms with Crippen molar-refractivity contribution >= 4 is 29.4 Å². The summed E-state index contributed by atoms with van der Waals surface area (Å²) in [6, 6.07) is 8.22. The van der Waals surface area contributed by atoms with E-state index in [0.29, 0.717) is 16.2 Å². The number of amides is 2. The number of alkyl carbamates (subject to hydrolysis) is 1. The summed E-state index contributed by atoms with van der Waals surface area (Å²) in [6.07, 6.45) is 0.957. The van der Waals surface area contributed by atoms with E-state index in [1.807, 2.05) is 0 Å². The predicted octanol–water partition coefficient (Wildman–Crippen LogP) is 4.81. The lowest BCUT2D eigenvalue weighted by Gasteiger charge is -2.17. The van der Waals surface area contributed by atoms with Crippen molar-refractivity contribution in [3.8, 4) is 6.07 Å².